The van der Waals surface area contributed by atoms with Crippen molar-refractivity contribution in [1.82, 2.24) is 0 Å². The Balaban J connectivity index is 1.83. The van der Waals surface area contributed by atoms with Gasteiger partial charge in [0.15, 0.2) is 5.78 Å². The monoisotopic (exact) mass is 426 g/mol. The second kappa shape index (κ2) is 13.3. The highest BCUT2D eigenvalue weighted by Crippen LogP contribution is 2.21. The fourth-order valence-corrected chi connectivity index (χ4v) is 5.99. The second-order valence-electron chi connectivity index (χ2n) is 6.98. The van der Waals surface area contributed by atoms with Gasteiger partial charge in [-0.05, 0) is 44.7 Å². The van der Waals surface area contributed by atoms with Crippen molar-refractivity contribution in [3.05, 3.63) is 71.3 Å². The van der Waals surface area contributed by atoms with Gasteiger partial charge in [0, 0.05) is 37.8 Å². The Hall–Kier alpha value is -2.05. The van der Waals surface area contributed by atoms with Gasteiger partial charge >= 0.3 is 8.80 Å². The van der Waals surface area contributed by atoms with Crippen LogP contribution in [-0.4, -0.2) is 34.4 Å². The number of carbonyl (C=O) groups is 1. The molecule has 30 heavy (non-hydrogen) atoms. The average molecular weight is 427 g/mol. The van der Waals surface area contributed by atoms with Gasteiger partial charge in [0.1, 0.15) is 0 Å². The highest BCUT2D eigenvalue weighted by Gasteiger charge is 2.39. The molecule has 0 aliphatic rings. The maximum Gasteiger partial charge on any atom is 0.500 e. The van der Waals surface area contributed by atoms with Gasteiger partial charge in [0.2, 0.25) is 0 Å². The van der Waals surface area contributed by atoms with E-state index in [1.165, 1.54) is 0 Å². The molecule has 0 unspecified atom stereocenters. The van der Waals surface area contributed by atoms with E-state index in [9.17, 15) is 4.79 Å². The Kier molecular flexibility index (Phi) is 10.7. The molecule has 0 radical (unpaired) electrons. The van der Waals surface area contributed by atoms with Crippen LogP contribution in [0.4, 0.5) is 0 Å². The van der Waals surface area contributed by atoms with Crippen LogP contribution in [0.2, 0.25) is 6.04 Å². The molecule has 2 aromatic rings. The molecule has 0 atom stereocenters. The van der Waals surface area contributed by atoms with Crippen molar-refractivity contribution in [2.24, 2.45) is 0 Å². The van der Waals surface area contributed by atoms with Gasteiger partial charge in [-0.1, -0.05) is 66.7 Å². The van der Waals surface area contributed by atoms with Crippen molar-refractivity contribution in [1.29, 1.82) is 0 Å². The van der Waals surface area contributed by atoms with E-state index in [4.69, 9.17) is 13.3 Å². The zero-order valence-corrected chi connectivity index (χ0v) is 19.4. The summed E-state index contributed by atoms with van der Waals surface area (Å²) in [4.78, 5) is 12.5. The Morgan fingerprint density at radius 3 is 1.83 bits per heavy atom. The third kappa shape index (κ3) is 7.99. The number of rotatable bonds is 14. The third-order valence-corrected chi connectivity index (χ3v) is 7.88. The standard InChI is InChI=1S/C25H34O4Si/c1-4-27-30(28-5-2,29-6-3)21-11-10-14-25(26)24-19-17-23(18-20-24)16-15-22-12-8-7-9-13-22/h7-9,12-13,15-20H,4-6,10-11,14,21H2,1-3H3/b16-15+. The largest absolute Gasteiger partial charge is 0.500 e. The summed E-state index contributed by atoms with van der Waals surface area (Å²) in [5.74, 6) is 0.171. The van der Waals surface area contributed by atoms with Crippen LogP contribution in [0.1, 0.15) is 61.5 Å². The molecule has 0 fully saturated rings. The first-order chi connectivity index (χ1) is 14.6. The van der Waals surface area contributed by atoms with E-state index in [1.807, 2.05) is 63.2 Å². The quantitative estimate of drug-likeness (QED) is 0.155. The molecule has 0 saturated heterocycles. The lowest BCUT2D eigenvalue weighted by Gasteiger charge is -2.28. The van der Waals surface area contributed by atoms with Crippen LogP contribution in [-0.2, 0) is 13.3 Å². The number of hydrogen-bond acceptors (Lipinski definition) is 4. The number of benzene rings is 2. The van der Waals surface area contributed by atoms with Crippen molar-refractivity contribution >= 4 is 26.7 Å². The summed E-state index contributed by atoms with van der Waals surface area (Å²) in [5.41, 5.74) is 2.99. The summed E-state index contributed by atoms with van der Waals surface area (Å²) >= 11 is 0. The molecule has 0 spiro atoms. The Bertz CT molecular complexity index is 754. The first kappa shape index (κ1) is 24.2. The first-order valence-corrected chi connectivity index (χ1v) is 12.8. The van der Waals surface area contributed by atoms with Crippen LogP contribution in [0.25, 0.3) is 12.2 Å². The molecule has 0 bridgehead atoms. The van der Waals surface area contributed by atoms with E-state index in [-0.39, 0.29) is 5.78 Å². The molecule has 2 rings (SSSR count). The summed E-state index contributed by atoms with van der Waals surface area (Å²) in [6, 6.07) is 18.7. The minimum atomic E-state index is -2.61. The Morgan fingerprint density at radius 1 is 0.767 bits per heavy atom. The summed E-state index contributed by atoms with van der Waals surface area (Å²) in [5, 5.41) is 0. The zero-order chi connectivity index (χ0) is 21.7. The summed E-state index contributed by atoms with van der Waals surface area (Å²) in [6.07, 6.45) is 6.31. The SMILES string of the molecule is CCO[Si](CCCCC(=O)c1ccc(/C=C/c2ccccc2)cc1)(OCC)OCC. The molecule has 162 valence electrons. The molecule has 0 heterocycles. The fourth-order valence-electron chi connectivity index (χ4n) is 3.31. The first-order valence-electron chi connectivity index (χ1n) is 10.9. The van der Waals surface area contributed by atoms with Gasteiger partial charge in [-0.2, -0.15) is 0 Å². The maximum atomic E-state index is 12.5. The van der Waals surface area contributed by atoms with Gasteiger partial charge < -0.3 is 13.3 Å². The molecular formula is C25H34O4Si. The van der Waals surface area contributed by atoms with Crippen LogP contribution in [0.3, 0.4) is 0 Å². The molecule has 0 aromatic heterocycles. The molecule has 4 nitrogen and oxygen atoms in total. The Morgan fingerprint density at radius 2 is 1.30 bits per heavy atom. The van der Waals surface area contributed by atoms with Crippen molar-refractivity contribution in [3.63, 3.8) is 0 Å². The second-order valence-corrected chi connectivity index (χ2v) is 9.71. The van der Waals surface area contributed by atoms with E-state index < -0.39 is 8.80 Å². The third-order valence-electron chi connectivity index (χ3n) is 4.73. The number of unbranched alkanes of at least 4 members (excludes halogenated alkanes) is 1. The van der Waals surface area contributed by atoms with Gasteiger partial charge in [-0.25, -0.2) is 0 Å². The van der Waals surface area contributed by atoms with Gasteiger partial charge in [0.25, 0.3) is 0 Å². The predicted octanol–water partition coefficient (Wildman–Crippen LogP) is 6.26. The molecule has 5 heteroatoms. The number of carbonyl (C=O) groups excluding carboxylic acids is 1. The summed E-state index contributed by atoms with van der Waals surface area (Å²) in [7, 11) is -2.61. The number of Topliss-reactive ketones (excluding diaryl/α,β-unsaturated/α-hetero) is 1. The number of hydrogen-bond donors (Lipinski definition) is 0. The summed E-state index contributed by atoms with van der Waals surface area (Å²) < 4.78 is 17.6. The molecule has 2 aromatic carbocycles. The van der Waals surface area contributed by atoms with E-state index >= 15 is 0 Å². The number of ketones is 1. The van der Waals surface area contributed by atoms with Crippen LogP contribution in [0, 0.1) is 0 Å². The van der Waals surface area contributed by atoms with Gasteiger partial charge in [-0.15, -0.1) is 0 Å². The van der Waals surface area contributed by atoms with E-state index in [0.717, 1.165) is 35.6 Å². The van der Waals surface area contributed by atoms with E-state index in [0.29, 0.717) is 26.2 Å². The normalized spacial score (nSPS) is 11.8. The van der Waals surface area contributed by atoms with Gasteiger partial charge in [0.05, 0.1) is 0 Å². The van der Waals surface area contributed by atoms with Crippen LogP contribution < -0.4 is 0 Å². The van der Waals surface area contributed by atoms with Crippen LogP contribution >= 0.6 is 0 Å². The lowest BCUT2D eigenvalue weighted by atomic mass is 10.0. The summed E-state index contributed by atoms with van der Waals surface area (Å²) in [6.45, 7) is 7.62. The predicted molar refractivity (Wildman–Crippen MR) is 125 cm³/mol. The maximum absolute atomic E-state index is 12.5. The minimum absolute atomic E-state index is 0.171. The molecule has 0 amide bonds. The lowest BCUT2D eigenvalue weighted by Crippen LogP contribution is -2.45. The van der Waals surface area contributed by atoms with E-state index in [1.54, 1.807) is 0 Å². The smallest absolute Gasteiger partial charge is 0.374 e. The van der Waals surface area contributed by atoms with Crippen molar-refractivity contribution < 1.29 is 18.1 Å². The fraction of sp³-hybridized carbons (Fsp3) is 0.400. The highest BCUT2D eigenvalue weighted by molar-refractivity contribution is 6.60. The van der Waals surface area contributed by atoms with Crippen molar-refractivity contribution in [3.8, 4) is 0 Å². The zero-order valence-electron chi connectivity index (χ0n) is 18.4. The van der Waals surface area contributed by atoms with Crippen molar-refractivity contribution in [2.75, 3.05) is 19.8 Å². The topological polar surface area (TPSA) is 44.8 Å². The van der Waals surface area contributed by atoms with Crippen LogP contribution in [0.15, 0.2) is 54.6 Å². The Labute approximate surface area is 182 Å². The van der Waals surface area contributed by atoms with Gasteiger partial charge in [-0.3, -0.25) is 4.79 Å². The minimum Gasteiger partial charge on any atom is -0.374 e. The molecular weight excluding hydrogens is 392 g/mol. The average Bonchev–Trinajstić information content (AvgIpc) is 2.77. The molecule has 0 saturated carbocycles. The molecule has 0 aliphatic heterocycles. The van der Waals surface area contributed by atoms with Crippen molar-refractivity contribution in [2.45, 2.75) is 46.1 Å². The van der Waals surface area contributed by atoms with E-state index in [2.05, 4.69) is 24.3 Å². The molecule has 0 N–H and O–H groups in total. The molecule has 0 aliphatic carbocycles. The lowest BCUT2D eigenvalue weighted by molar-refractivity contribution is 0.0703. The van der Waals surface area contributed by atoms with Crippen LogP contribution in [0.5, 0.6) is 0 Å². The highest BCUT2D eigenvalue weighted by atomic mass is 28.4.